The Balaban J connectivity index is 3.04. The van der Waals surface area contributed by atoms with Crippen molar-refractivity contribution < 1.29 is 19.4 Å². The smallest absolute Gasteiger partial charge is 0.329 e. The maximum absolute atomic E-state index is 12.2. The molecule has 1 aromatic rings. The highest BCUT2D eigenvalue weighted by Gasteiger charge is 2.33. The molecule has 104 valence electrons. The number of amides is 1. The van der Waals surface area contributed by atoms with Crippen LogP contribution in [-0.4, -0.2) is 29.6 Å². The van der Waals surface area contributed by atoms with E-state index in [4.69, 9.17) is 9.84 Å². The second kappa shape index (κ2) is 6.06. The van der Waals surface area contributed by atoms with E-state index in [1.165, 1.54) is 14.0 Å². The van der Waals surface area contributed by atoms with E-state index < -0.39 is 17.4 Å². The van der Waals surface area contributed by atoms with Gasteiger partial charge >= 0.3 is 5.97 Å². The normalized spacial score (nSPS) is 13.5. The molecule has 0 heterocycles. The summed E-state index contributed by atoms with van der Waals surface area (Å²) in [6.45, 7) is 3.18. The molecule has 19 heavy (non-hydrogen) atoms. The summed E-state index contributed by atoms with van der Waals surface area (Å²) in [7, 11) is 1.50. The number of carboxylic acid groups (broad SMARTS) is 1. The first-order valence-corrected chi connectivity index (χ1v) is 6.52. The number of rotatable bonds is 5. The minimum atomic E-state index is -1.29. The molecule has 0 aliphatic heterocycles. The van der Waals surface area contributed by atoms with Crippen LogP contribution in [0.15, 0.2) is 22.7 Å². The Morgan fingerprint density at radius 3 is 2.58 bits per heavy atom. The lowest BCUT2D eigenvalue weighted by molar-refractivity contribution is -0.143. The highest BCUT2D eigenvalue weighted by Crippen LogP contribution is 2.23. The van der Waals surface area contributed by atoms with E-state index in [0.717, 1.165) is 0 Å². The number of benzene rings is 1. The van der Waals surface area contributed by atoms with Crippen LogP contribution in [-0.2, 0) is 4.79 Å². The predicted octanol–water partition coefficient (Wildman–Crippen LogP) is 2.44. The molecule has 1 amide bonds. The number of aliphatic carboxylic acids is 1. The lowest BCUT2D eigenvalue weighted by Crippen LogP contribution is -2.51. The van der Waals surface area contributed by atoms with Gasteiger partial charge in [0.15, 0.2) is 0 Å². The van der Waals surface area contributed by atoms with Crippen LogP contribution in [0.4, 0.5) is 0 Å². The van der Waals surface area contributed by atoms with Gasteiger partial charge in [-0.05, 0) is 47.5 Å². The van der Waals surface area contributed by atoms with E-state index in [9.17, 15) is 9.59 Å². The van der Waals surface area contributed by atoms with E-state index >= 15 is 0 Å². The summed E-state index contributed by atoms with van der Waals surface area (Å²) in [5.41, 5.74) is -0.958. The second-order valence-corrected chi connectivity index (χ2v) is 5.15. The second-order valence-electron chi connectivity index (χ2n) is 4.29. The third-order valence-electron chi connectivity index (χ3n) is 2.99. The highest BCUT2D eigenvalue weighted by atomic mass is 79.9. The number of hydrogen-bond donors (Lipinski definition) is 2. The summed E-state index contributed by atoms with van der Waals surface area (Å²) in [4.78, 5) is 23.3. The summed E-state index contributed by atoms with van der Waals surface area (Å²) < 4.78 is 5.63. The van der Waals surface area contributed by atoms with Crippen LogP contribution in [0.3, 0.4) is 0 Å². The fraction of sp³-hybridized carbons (Fsp3) is 0.385. The summed E-state index contributed by atoms with van der Waals surface area (Å²) in [5, 5.41) is 11.7. The molecule has 0 spiro atoms. The first-order valence-electron chi connectivity index (χ1n) is 5.73. The molecule has 1 rings (SSSR count). The largest absolute Gasteiger partial charge is 0.497 e. The minimum absolute atomic E-state index is 0.287. The Morgan fingerprint density at radius 2 is 2.11 bits per heavy atom. The number of ether oxygens (including phenoxy) is 1. The fourth-order valence-corrected chi connectivity index (χ4v) is 1.84. The molecule has 0 saturated heterocycles. The minimum Gasteiger partial charge on any atom is -0.497 e. The predicted molar refractivity (Wildman–Crippen MR) is 74.5 cm³/mol. The Labute approximate surface area is 120 Å². The van der Waals surface area contributed by atoms with E-state index in [2.05, 4.69) is 21.2 Å². The molecule has 5 nitrogen and oxygen atoms in total. The zero-order chi connectivity index (χ0) is 14.6. The number of carbonyl (C=O) groups excluding carboxylic acids is 1. The Bertz CT molecular complexity index is 503. The number of methoxy groups -OCH3 is 1. The summed E-state index contributed by atoms with van der Waals surface area (Å²) in [6, 6.07) is 4.94. The summed E-state index contributed by atoms with van der Waals surface area (Å²) in [5.74, 6) is -0.998. The molecule has 0 bridgehead atoms. The average Bonchev–Trinajstić information content (AvgIpc) is 2.38. The van der Waals surface area contributed by atoms with E-state index in [1.54, 1.807) is 25.1 Å². The molecule has 0 aliphatic carbocycles. The molecule has 0 saturated carbocycles. The van der Waals surface area contributed by atoms with Gasteiger partial charge in [0.1, 0.15) is 11.3 Å². The molecule has 1 aromatic carbocycles. The van der Waals surface area contributed by atoms with Gasteiger partial charge in [-0.3, -0.25) is 4.79 Å². The third kappa shape index (κ3) is 3.47. The number of hydrogen-bond acceptors (Lipinski definition) is 3. The van der Waals surface area contributed by atoms with E-state index in [1.807, 2.05) is 0 Å². The highest BCUT2D eigenvalue weighted by molar-refractivity contribution is 9.10. The molecule has 6 heteroatoms. The van der Waals surface area contributed by atoms with Crippen LogP contribution in [0.25, 0.3) is 0 Å². The van der Waals surface area contributed by atoms with Gasteiger partial charge in [0, 0.05) is 4.47 Å². The van der Waals surface area contributed by atoms with Crippen molar-refractivity contribution in [3.05, 3.63) is 28.2 Å². The quantitative estimate of drug-likeness (QED) is 0.869. The van der Waals surface area contributed by atoms with Crippen LogP contribution in [0, 0.1) is 0 Å². The van der Waals surface area contributed by atoms with Crippen molar-refractivity contribution in [2.24, 2.45) is 0 Å². The first-order chi connectivity index (χ1) is 8.84. The van der Waals surface area contributed by atoms with Crippen molar-refractivity contribution in [2.75, 3.05) is 7.11 Å². The average molecular weight is 330 g/mol. The number of carboxylic acids is 1. The van der Waals surface area contributed by atoms with Crippen molar-refractivity contribution in [1.29, 1.82) is 0 Å². The van der Waals surface area contributed by atoms with Crippen molar-refractivity contribution in [3.63, 3.8) is 0 Å². The molecular formula is C13H16BrNO4. The lowest BCUT2D eigenvalue weighted by atomic mass is 9.98. The van der Waals surface area contributed by atoms with Crippen molar-refractivity contribution >= 4 is 27.8 Å². The van der Waals surface area contributed by atoms with Crippen LogP contribution < -0.4 is 10.1 Å². The maximum atomic E-state index is 12.2. The molecule has 0 aromatic heterocycles. The SMILES string of the molecule is CCC(C)(NC(=O)c1cc(OC)ccc1Br)C(=O)O. The molecular weight excluding hydrogens is 314 g/mol. The third-order valence-corrected chi connectivity index (χ3v) is 3.68. The Kier molecular flexibility index (Phi) is 4.94. The van der Waals surface area contributed by atoms with Crippen LogP contribution in [0.5, 0.6) is 5.75 Å². The number of carbonyl (C=O) groups is 2. The summed E-state index contributed by atoms with van der Waals surface area (Å²) >= 11 is 3.26. The lowest BCUT2D eigenvalue weighted by Gasteiger charge is -2.24. The molecule has 1 atom stereocenters. The van der Waals surface area contributed by atoms with Crippen molar-refractivity contribution in [3.8, 4) is 5.75 Å². The van der Waals surface area contributed by atoms with Gasteiger partial charge in [-0.25, -0.2) is 4.79 Å². The monoisotopic (exact) mass is 329 g/mol. The Morgan fingerprint density at radius 1 is 1.47 bits per heavy atom. The maximum Gasteiger partial charge on any atom is 0.329 e. The Hall–Kier alpha value is -1.56. The van der Waals surface area contributed by atoms with Gasteiger partial charge < -0.3 is 15.2 Å². The van der Waals surface area contributed by atoms with Crippen molar-refractivity contribution in [1.82, 2.24) is 5.32 Å². The molecule has 2 N–H and O–H groups in total. The zero-order valence-electron chi connectivity index (χ0n) is 11.0. The fourth-order valence-electron chi connectivity index (χ4n) is 1.42. The van der Waals surface area contributed by atoms with Gasteiger partial charge in [0.25, 0.3) is 5.91 Å². The molecule has 0 aliphatic rings. The molecule has 1 unspecified atom stereocenters. The van der Waals surface area contributed by atoms with Gasteiger partial charge in [-0.2, -0.15) is 0 Å². The molecule has 0 fully saturated rings. The summed E-state index contributed by atoms with van der Waals surface area (Å²) in [6.07, 6.45) is 0.287. The first kappa shape index (κ1) is 15.5. The van der Waals surface area contributed by atoms with Crippen LogP contribution in [0.1, 0.15) is 30.6 Å². The topological polar surface area (TPSA) is 75.6 Å². The van der Waals surface area contributed by atoms with Gasteiger partial charge in [-0.1, -0.05) is 6.92 Å². The van der Waals surface area contributed by atoms with Crippen LogP contribution in [0.2, 0.25) is 0 Å². The van der Waals surface area contributed by atoms with E-state index in [0.29, 0.717) is 15.8 Å². The van der Waals surface area contributed by atoms with Crippen LogP contribution >= 0.6 is 15.9 Å². The zero-order valence-corrected chi connectivity index (χ0v) is 12.6. The molecule has 0 radical (unpaired) electrons. The van der Waals surface area contributed by atoms with Crippen molar-refractivity contribution in [2.45, 2.75) is 25.8 Å². The van der Waals surface area contributed by atoms with Gasteiger partial charge in [0.05, 0.1) is 12.7 Å². The van der Waals surface area contributed by atoms with Gasteiger partial charge in [-0.15, -0.1) is 0 Å². The number of nitrogens with one attached hydrogen (secondary N) is 1. The van der Waals surface area contributed by atoms with Gasteiger partial charge in [0.2, 0.25) is 0 Å². The number of halogens is 1. The standard InChI is InChI=1S/C13H16BrNO4/c1-4-13(2,12(17)18)15-11(16)9-7-8(19-3)5-6-10(9)14/h5-7H,4H2,1-3H3,(H,15,16)(H,17,18). The van der Waals surface area contributed by atoms with E-state index in [-0.39, 0.29) is 6.42 Å².